The fourth-order valence-corrected chi connectivity index (χ4v) is 4.74. The number of benzene rings is 2. The highest BCUT2D eigenvalue weighted by Gasteiger charge is 2.42. The number of nitrogens with zero attached hydrogens (tertiary/aromatic N) is 1. The van der Waals surface area contributed by atoms with E-state index in [4.69, 9.17) is 4.74 Å². The van der Waals surface area contributed by atoms with Crippen molar-refractivity contribution in [2.75, 3.05) is 19.7 Å². The van der Waals surface area contributed by atoms with Crippen LogP contribution in [-0.2, 0) is 14.3 Å². The van der Waals surface area contributed by atoms with Gasteiger partial charge in [-0.05, 0) is 35.1 Å². The molecule has 4 rings (SSSR count). The van der Waals surface area contributed by atoms with Crippen LogP contribution in [0, 0.1) is 0 Å². The van der Waals surface area contributed by atoms with E-state index in [0.717, 1.165) is 27.2 Å². The third kappa shape index (κ3) is 5.12. The molecule has 1 fully saturated rings. The minimum absolute atomic E-state index is 0.0393. The van der Waals surface area contributed by atoms with Crippen molar-refractivity contribution in [1.29, 1.82) is 0 Å². The largest absolute Gasteiger partial charge is 0.479 e. The van der Waals surface area contributed by atoms with Crippen LogP contribution in [-0.4, -0.2) is 70.8 Å². The molecule has 0 radical (unpaired) electrons. The van der Waals surface area contributed by atoms with Gasteiger partial charge in [0.2, 0.25) is 5.91 Å². The maximum atomic E-state index is 13.6. The summed E-state index contributed by atoms with van der Waals surface area (Å²) in [5, 5.41) is 21.4. The van der Waals surface area contributed by atoms with Crippen molar-refractivity contribution < 1.29 is 38.1 Å². The molecule has 1 saturated heterocycles. The molecule has 2 aromatic carbocycles. The first-order valence-electron chi connectivity index (χ1n) is 11.3. The number of likely N-dealkylation sites (tertiary alicyclic amines) is 1. The van der Waals surface area contributed by atoms with E-state index >= 15 is 0 Å². The fourth-order valence-electron chi connectivity index (χ4n) is 4.74. The van der Waals surface area contributed by atoms with Crippen LogP contribution in [0.3, 0.4) is 0 Å². The van der Waals surface area contributed by atoms with Gasteiger partial charge in [-0.1, -0.05) is 48.5 Å². The standard InChI is InChI=1S/C25H26F2N2O6/c26-22(27)20(12-21(30)29-11-5-10-25(34,14-29)23(31)32)28-24(33)35-13-19-17-8-3-1-6-15(17)16-7-2-4-9-18(16)19/h1-4,6-9,19-20,22,34H,5,10-14H2,(H,28,33)(H,31,32). The van der Waals surface area contributed by atoms with Crippen molar-refractivity contribution in [2.24, 2.45) is 0 Å². The average molecular weight is 488 g/mol. The number of hydrogen-bond acceptors (Lipinski definition) is 5. The molecule has 0 bridgehead atoms. The lowest BCUT2D eigenvalue weighted by molar-refractivity contribution is -0.166. The van der Waals surface area contributed by atoms with Crippen LogP contribution >= 0.6 is 0 Å². The molecule has 10 heteroatoms. The monoisotopic (exact) mass is 488 g/mol. The lowest BCUT2D eigenvalue weighted by atomic mass is 9.92. The maximum Gasteiger partial charge on any atom is 0.407 e. The summed E-state index contributed by atoms with van der Waals surface area (Å²) in [6.07, 6.45) is -4.71. The number of aliphatic carboxylic acids is 1. The van der Waals surface area contributed by atoms with Gasteiger partial charge >= 0.3 is 12.1 Å². The second-order valence-electron chi connectivity index (χ2n) is 8.87. The van der Waals surface area contributed by atoms with E-state index in [0.29, 0.717) is 0 Å². The zero-order valence-corrected chi connectivity index (χ0v) is 18.8. The number of aliphatic hydroxyl groups is 1. The molecular weight excluding hydrogens is 462 g/mol. The number of alkyl carbamates (subject to hydrolysis) is 1. The van der Waals surface area contributed by atoms with E-state index in [2.05, 4.69) is 5.32 Å². The molecule has 2 aromatic rings. The van der Waals surface area contributed by atoms with Gasteiger partial charge in [0.15, 0.2) is 5.60 Å². The van der Waals surface area contributed by atoms with Crippen molar-refractivity contribution in [3.05, 3.63) is 59.7 Å². The van der Waals surface area contributed by atoms with Gasteiger partial charge in [-0.2, -0.15) is 0 Å². The lowest BCUT2D eigenvalue weighted by Crippen LogP contribution is -2.55. The molecule has 1 heterocycles. The van der Waals surface area contributed by atoms with Crippen LogP contribution in [0.1, 0.15) is 36.3 Å². The SMILES string of the molecule is O=C(NC(CC(=O)N1CCCC(O)(C(=O)O)C1)C(F)F)OCC1c2ccccc2-c2ccccc21. The minimum atomic E-state index is -3.05. The predicted molar refractivity (Wildman–Crippen MR) is 121 cm³/mol. The molecule has 2 amide bonds. The Kier molecular flexibility index (Phi) is 7.02. The van der Waals surface area contributed by atoms with Gasteiger partial charge < -0.3 is 25.2 Å². The zero-order valence-electron chi connectivity index (χ0n) is 18.8. The second-order valence-corrected chi connectivity index (χ2v) is 8.87. The van der Waals surface area contributed by atoms with Gasteiger partial charge in [0.05, 0.1) is 13.0 Å². The molecule has 0 saturated carbocycles. The first-order chi connectivity index (χ1) is 16.7. The molecule has 1 aliphatic carbocycles. The van der Waals surface area contributed by atoms with Gasteiger partial charge in [0.1, 0.15) is 12.6 Å². The Morgan fingerprint density at radius 1 is 1.09 bits per heavy atom. The van der Waals surface area contributed by atoms with E-state index in [-0.39, 0.29) is 31.9 Å². The highest BCUT2D eigenvalue weighted by atomic mass is 19.3. The number of β-amino-alcohol motifs (C(OH)–C–C–N with tert-alkyl or cyclic N) is 1. The highest BCUT2D eigenvalue weighted by Crippen LogP contribution is 2.44. The fraction of sp³-hybridized carbons (Fsp3) is 0.400. The molecule has 186 valence electrons. The number of carboxylic acid groups (broad SMARTS) is 1. The molecule has 1 aliphatic heterocycles. The van der Waals surface area contributed by atoms with Crippen molar-refractivity contribution >= 4 is 18.0 Å². The first kappa shape index (κ1) is 24.6. The van der Waals surface area contributed by atoms with Gasteiger partial charge in [-0.25, -0.2) is 18.4 Å². The Labute approximate surface area is 200 Å². The Hall–Kier alpha value is -3.53. The quantitative estimate of drug-likeness (QED) is 0.552. The molecule has 8 nitrogen and oxygen atoms in total. The summed E-state index contributed by atoms with van der Waals surface area (Å²) < 4.78 is 32.5. The lowest BCUT2D eigenvalue weighted by Gasteiger charge is -2.36. The molecule has 2 atom stereocenters. The molecule has 3 N–H and O–H groups in total. The minimum Gasteiger partial charge on any atom is -0.479 e. The third-order valence-corrected chi connectivity index (χ3v) is 6.57. The van der Waals surface area contributed by atoms with Gasteiger partial charge in [-0.15, -0.1) is 0 Å². The Bertz CT molecular complexity index is 1080. The average Bonchev–Trinajstić information content (AvgIpc) is 3.16. The number of carbonyl (C=O) groups excluding carboxylic acids is 2. The van der Waals surface area contributed by atoms with Crippen LogP contribution in [0.15, 0.2) is 48.5 Å². The number of amides is 2. The maximum absolute atomic E-state index is 13.6. The number of carboxylic acids is 1. The molecule has 2 unspecified atom stereocenters. The van der Waals surface area contributed by atoms with Crippen LogP contribution in [0.2, 0.25) is 0 Å². The van der Waals surface area contributed by atoms with Crippen molar-refractivity contribution in [2.45, 2.75) is 43.2 Å². The Balaban J connectivity index is 1.37. The molecule has 0 spiro atoms. The summed E-state index contributed by atoms with van der Waals surface area (Å²) in [5.41, 5.74) is 1.87. The highest BCUT2D eigenvalue weighted by molar-refractivity contribution is 5.82. The van der Waals surface area contributed by atoms with Crippen LogP contribution in [0.4, 0.5) is 13.6 Å². The smallest absolute Gasteiger partial charge is 0.407 e. The van der Waals surface area contributed by atoms with Crippen molar-refractivity contribution in [3.8, 4) is 11.1 Å². The number of nitrogens with one attached hydrogen (secondary N) is 1. The van der Waals surface area contributed by atoms with Crippen molar-refractivity contribution in [3.63, 3.8) is 0 Å². The molecule has 0 aromatic heterocycles. The number of ether oxygens (including phenoxy) is 1. The summed E-state index contributed by atoms with van der Waals surface area (Å²) in [6, 6.07) is 13.6. The second kappa shape index (κ2) is 9.99. The number of halogens is 2. The summed E-state index contributed by atoms with van der Waals surface area (Å²) in [7, 11) is 0. The number of rotatable bonds is 7. The molecule has 35 heavy (non-hydrogen) atoms. The van der Waals surface area contributed by atoms with E-state index in [9.17, 15) is 33.4 Å². The normalized spacial score (nSPS) is 20.2. The molecule has 2 aliphatic rings. The van der Waals surface area contributed by atoms with E-state index in [1.165, 1.54) is 0 Å². The summed E-state index contributed by atoms with van der Waals surface area (Å²) in [5.74, 6) is -2.51. The topological polar surface area (TPSA) is 116 Å². The Morgan fingerprint density at radius 2 is 1.69 bits per heavy atom. The summed E-state index contributed by atoms with van der Waals surface area (Å²) in [4.78, 5) is 37.2. The van der Waals surface area contributed by atoms with Gasteiger partial charge in [0.25, 0.3) is 6.43 Å². The summed E-state index contributed by atoms with van der Waals surface area (Å²) in [6.45, 7) is -0.432. The third-order valence-electron chi connectivity index (χ3n) is 6.57. The number of alkyl halides is 2. The molecular formula is C25H26F2N2O6. The van der Waals surface area contributed by atoms with Crippen molar-refractivity contribution in [1.82, 2.24) is 10.2 Å². The van der Waals surface area contributed by atoms with E-state index < -0.39 is 49.0 Å². The van der Waals surface area contributed by atoms with Gasteiger partial charge in [0, 0.05) is 12.5 Å². The number of fused-ring (bicyclic) bond motifs is 3. The van der Waals surface area contributed by atoms with E-state index in [1.54, 1.807) is 0 Å². The van der Waals surface area contributed by atoms with Crippen LogP contribution in [0.5, 0.6) is 0 Å². The predicted octanol–water partition coefficient (Wildman–Crippen LogP) is 2.99. The number of piperidine rings is 1. The number of carbonyl (C=O) groups is 3. The van der Waals surface area contributed by atoms with Crippen LogP contribution in [0.25, 0.3) is 11.1 Å². The van der Waals surface area contributed by atoms with Crippen LogP contribution < -0.4 is 5.32 Å². The zero-order chi connectivity index (χ0) is 25.2. The van der Waals surface area contributed by atoms with Gasteiger partial charge in [-0.3, -0.25) is 4.79 Å². The Morgan fingerprint density at radius 3 is 2.26 bits per heavy atom. The number of hydrogen-bond donors (Lipinski definition) is 3. The van der Waals surface area contributed by atoms with E-state index in [1.807, 2.05) is 48.5 Å². The first-order valence-corrected chi connectivity index (χ1v) is 11.3. The summed E-state index contributed by atoms with van der Waals surface area (Å²) >= 11 is 0.